The topological polar surface area (TPSA) is 158 Å². The Morgan fingerprint density at radius 2 is 1.05 bits per heavy atom. The Hall–Kier alpha value is -6.04. The smallest absolute Gasteiger partial charge is 0.374 e. The summed E-state index contributed by atoms with van der Waals surface area (Å²) in [6.45, 7) is 14.1. The van der Waals surface area contributed by atoms with E-state index in [1.807, 2.05) is 30.3 Å². The van der Waals surface area contributed by atoms with Gasteiger partial charge in [0.25, 0.3) is 0 Å². The van der Waals surface area contributed by atoms with Crippen molar-refractivity contribution in [1.29, 1.82) is 0 Å². The minimum atomic E-state index is -1.53. The van der Waals surface area contributed by atoms with E-state index in [1.165, 1.54) is 52.0 Å². The molecule has 3 aromatic carbocycles. The third kappa shape index (κ3) is 16.9. The molecule has 0 fully saturated rings. The molecule has 0 aliphatic heterocycles. The van der Waals surface area contributed by atoms with Crippen molar-refractivity contribution in [2.24, 2.45) is 5.41 Å². The average Bonchev–Trinajstić information content (AvgIpc) is 3.27. The molecule has 0 amide bonds. The van der Waals surface area contributed by atoms with Crippen molar-refractivity contribution < 1.29 is 57.2 Å². The summed E-state index contributed by atoms with van der Waals surface area (Å²) in [5, 5.41) is 0. The Morgan fingerprint density at radius 3 is 1.61 bits per heavy atom. The van der Waals surface area contributed by atoms with Gasteiger partial charge in [0.2, 0.25) is 11.6 Å². The second kappa shape index (κ2) is 25.6. The van der Waals surface area contributed by atoms with E-state index in [4.69, 9.17) is 28.4 Å². The predicted molar refractivity (Wildman–Crippen MR) is 231 cm³/mol. The van der Waals surface area contributed by atoms with Crippen molar-refractivity contribution in [3.05, 3.63) is 108 Å². The van der Waals surface area contributed by atoms with E-state index in [0.717, 1.165) is 47.3 Å². The fourth-order valence-corrected chi connectivity index (χ4v) is 5.89. The average molecular weight is 841 g/mol. The highest BCUT2D eigenvalue weighted by Crippen LogP contribution is 2.30. The van der Waals surface area contributed by atoms with Crippen LogP contribution in [0, 0.1) is 5.41 Å². The quantitative estimate of drug-likeness (QED) is 0.0226. The van der Waals surface area contributed by atoms with Gasteiger partial charge in [0, 0.05) is 24.0 Å². The SMILES string of the molecule is C=C(C)C(=O)OCc1cc(CCCOc2ccc(CCCCCC)cc2)ccc1-c1ccc(OCC(COC(=O)C(=C)C)(COC(=O)C(=O)CC)COC(=O)C(=O)CC)cc1. The highest BCUT2D eigenvalue weighted by atomic mass is 16.6. The lowest BCUT2D eigenvalue weighted by atomic mass is 9.92. The van der Waals surface area contributed by atoms with Gasteiger partial charge in [-0.2, -0.15) is 0 Å². The summed E-state index contributed by atoms with van der Waals surface area (Å²) in [5.41, 5.74) is 3.58. The minimum absolute atomic E-state index is 0.0122. The van der Waals surface area contributed by atoms with Crippen LogP contribution in [0.5, 0.6) is 11.5 Å². The molecule has 12 nitrogen and oxygen atoms in total. The van der Waals surface area contributed by atoms with E-state index >= 15 is 0 Å². The van der Waals surface area contributed by atoms with Gasteiger partial charge in [0.15, 0.2) is 0 Å². The molecule has 0 bridgehead atoms. The van der Waals surface area contributed by atoms with E-state index in [2.05, 4.69) is 32.2 Å². The molecule has 328 valence electrons. The third-order valence-electron chi connectivity index (χ3n) is 9.68. The normalized spacial score (nSPS) is 10.9. The molecule has 0 saturated heterocycles. The zero-order valence-corrected chi connectivity index (χ0v) is 36.3. The Bertz CT molecular complexity index is 1950. The molecule has 0 atom stereocenters. The third-order valence-corrected chi connectivity index (χ3v) is 9.68. The summed E-state index contributed by atoms with van der Waals surface area (Å²) in [5.74, 6) is -3.92. The van der Waals surface area contributed by atoms with Crippen LogP contribution < -0.4 is 9.47 Å². The van der Waals surface area contributed by atoms with Crippen molar-refractivity contribution in [3.63, 3.8) is 0 Å². The molecule has 3 rings (SSSR count). The maximum Gasteiger partial charge on any atom is 0.374 e. The first-order valence-corrected chi connectivity index (χ1v) is 20.8. The number of esters is 4. The molecule has 3 aromatic rings. The number of hydrogen-bond acceptors (Lipinski definition) is 12. The second-order valence-corrected chi connectivity index (χ2v) is 15.1. The summed E-state index contributed by atoms with van der Waals surface area (Å²) in [6, 6.07) is 21.3. The van der Waals surface area contributed by atoms with Gasteiger partial charge in [0.05, 0.1) is 6.61 Å². The number of rotatable bonds is 28. The molecule has 12 heteroatoms. The van der Waals surface area contributed by atoms with Crippen LogP contribution in [0.1, 0.15) is 96.3 Å². The summed E-state index contributed by atoms with van der Waals surface area (Å²) >= 11 is 0. The Labute approximate surface area is 359 Å². The van der Waals surface area contributed by atoms with Crippen LogP contribution in [-0.4, -0.2) is 68.5 Å². The summed E-state index contributed by atoms with van der Waals surface area (Å²) in [6.07, 6.45) is 7.28. The highest BCUT2D eigenvalue weighted by molar-refractivity contribution is 6.33. The van der Waals surface area contributed by atoms with Crippen LogP contribution >= 0.6 is 0 Å². The van der Waals surface area contributed by atoms with Gasteiger partial charge >= 0.3 is 23.9 Å². The maximum atomic E-state index is 12.4. The van der Waals surface area contributed by atoms with Crippen molar-refractivity contribution in [1.82, 2.24) is 0 Å². The fraction of sp³-hybridized carbons (Fsp3) is 0.429. The van der Waals surface area contributed by atoms with Gasteiger partial charge in [-0.3, -0.25) is 9.59 Å². The first kappa shape index (κ1) is 49.3. The maximum absolute atomic E-state index is 12.4. The molecular weight excluding hydrogens is 781 g/mol. The lowest BCUT2D eigenvalue weighted by Gasteiger charge is -2.31. The molecule has 0 N–H and O–H groups in total. The number of carbonyl (C=O) groups excluding carboxylic acids is 6. The number of ether oxygens (including phenoxy) is 6. The van der Waals surface area contributed by atoms with Gasteiger partial charge < -0.3 is 28.4 Å². The van der Waals surface area contributed by atoms with Crippen molar-refractivity contribution in [2.45, 2.75) is 99.0 Å². The predicted octanol–water partition coefficient (Wildman–Crippen LogP) is 8.64. The minimum Gasteiger partial charge on any atom is -0.494 e. The molecule has 0 heterocycles. The van der Waals surface area contributed by atoms with Crippen molar-refractivity contribution in [3.8, 4) is 22.6 Å². The van der Waals surface area contributed by atoms with Gasteiger partial charge in [-0.15, -0.1) is 0 Å². The van der Waals surface area contributed by atoms with Crippen molar-refractivity contribution >= 4 is 35.4 Å². The summed E-state index contributed by atoms with van der Waals surface area (Å²) in [4.78, 5) is 73.7. The zero-order valence-electron chi connectivity index (χ0n) is 36.3. The van der Waals surface area contributed by atoms with E-state index in [9.17, 15) is 28.8 Å². The molecule has 0 unspecified atom stereocenters. The summed E-state index contributed by atoms with van der Waals surface area (Å²) in [7, 11) is 0. The summed E-state index contributed by atoms with van der Waals surface area (Å²) < 4.78 is 33.7. The number of Topliss-reactive ketones (excluding diaryl/α,β-unsaturated/α-hetero) is 2. The molecule has 61 heavy (non-hydrogen) atoms. The van der Waals surface area contributed by atoms with Crippen LogP contribution in [-0.2, 0) is 67.2 Å². The van der Waals surface area contributed by atoms with Crippen LogP contribution in [0.2, 0.25) is 0 Å². The van der Waals surface area contributed by atoms with Crippen LogP contribution in [0.15, 0.2) is 91.0 Å². The molecule has 0 radical (unpaired) electrons. The number of aryl methyl sites for hydroxylation is 2. The standard InChI is InChI=1S/C49H60O12/c1-8-11-12-13-15-36-17-22-40(23-18-36)56-27-14-16-37-19-26-42(39(28-37)29-57-45(52)34(4)5)38-20-24-41(25-21-38)58-30-49(31-59-46(53)35(6)7,32-60-47(54)43(50)9-2)33-61-48(55)44(51)10-3/h17-26,28H,4,6,8-16,27,29-33H2,1-3,5,7H3. The molecule has 0 aromatic heterocycles. The molecule has 0 aliphatic carbocycles. The van der Waals surface area contributed by atoms with Gasteiger partial charge in [-0.05, 0) is 91.6 Å². The van der Waals surface area contributed by atoms with E-state index in [-0.39, 0.29) is 37.2 Å². The lowest BCUT2D eigenvalue weighted by Crippen LogP contribution is -2.45. The fourth-order valence-electron chi connectivity index (χ4n) is 5.89. The first-order chi connectivity index (χ1) is 29.2. The highest BCUT2D eigenvalue weighted by Gasteiger charge is 2.38. The van der Waals surface area contributed by atoms with E-state index in [0.29, 0.717) is 12.4 Å². The Morgan fingerprint density at radius 1 is 0.541 bits per heavy atom. The number of unbranched alkanes of at least 4 members (excludes halogenated alkanes) is 3. The molecular formula is C49H60O12. The van der Waals surface area contributed by atoms with E-state index in [1.54, 1.807) is 31.2 Å². The second-order valence-electron chi connectivity index (χ2n) is 15.1. The molecule has 0 saturated carbocycles. The number of hydrogen-bond donors (Lipinski definition) is 0. The first-order valence-electron chi connectivity index (χ1n) is 20.8. The number of carbonyl (C=O) groups is 6. The molecule has 0 aliphatic rings. The van der Waals surface area contributed by atoms with Gasteiger partial charge in [0.1, 0.15) is 49.9 Å². The van der Waals surface area contributed by atoms with Gasteiger partial charge in [-0.25, -0.2) is 19.2 Å². The van der Waals surface area contributed by atoms with Gasteiger partial charge in [-0.1, -0.05) is 95.7 Å². The van der Waals surface area contributed by atoms with Crippen LogP contribution in [0.4, 0.5) is 0 Å². The largest absolute Gasteiger partial charge is 0.494 e. The molecule has 0 spiro atoms. The lowest BCUT2D eigenvalue weighted by molar-refractivity contribution is -0.168. The number of benzene rings is 3. The van der Waals surface area contributed by atoms with Crippen molar-refractivity contribution in [2.75, 3.05) is 33.0 Å². The Balaban J connectivity index is 1.79. The monoisotopic (exact) mass is 840 g/mol. The van der Waals surface area contributed by atoms with Crippen LogP contribution in [0.3, 0.4) is 0 Å². The zero-order chi connectivity index (χ0) is 44.8. The number of ketones is 2. The van der Waals surface area contributed by atoms with Crippen LogP contribution in [0.25, 0.3) is 11.1 Å². The Kier molecular flexibility index (Phi) is 20.7. The van der Waals surface area contributed by atoms with E-state index < -0.39 is 60.7 Å².